The van der Waals surface area contributed by atoms with E-state index in [0.29, 0.717) is 5.56 Å². The maximum Gasteiger partial charge on any atom is 0.231 e. The first-order valence-corrected chi connectivity index (χ1v) is 7.55. The Balaban J connectivity index is 1.66. The molecule has 5 nitrogen and oxygen atoms in total. The topological polar surface area (TPSA) is 51.7 Å². The van der Waals surface area contributed by atoms with E-state index in [4.69, 9.17) is 9.47 Å². The Hall–Kier alpha value is -2.47. The maximum absolute atomic E-state index is 12.3. The van der Waals surface area contributed by atoms with Crippen molar-refractivity contribution >= 4 is 23.2 Å². The number of hydrogen-bond acceptors (Lipinski definition) is 6. The summed E-state index contributed by atoms with van der Waals surface area (Å²) in [4.78, 5) is 19.3. The number of ether oxygens (including phenoxy) is 2. The van der Waals surface area contributed by atoms with Crippen molar-refractivity contribution in [3.63, 3.8) is 0 Å². The molecule has 0 N–H and O–H groups in total. The number of hydrogen-bond donors (Lipinski definition) is 0. The lowest BCUT2D eigenvalue weighted by atomic mass is 10.2. The fourth-order valence-electron chi connectivity index (χ4n) is 2.39. The van der Waals surface area contributed by atoms with E-state index < -0.39 is 0 Å². The number of benzene rings is 1. The SMILES string of the molecule is CN1/C(=C\C(=O)c2cccnc2)Sc2cc3c(cc21)OCO3. The van der Waals surface area contributed by atoms with Crippen LogP contribution < -0.4 is 14.4 Å². The minimum absolute atomic E-state index is 0.0599. The number of thioether (sulfide) groups is 1. The summed E-state index contributed by atoms with van der Waals surface area (Å²) in [6.45, 7) is 0.259. The van der Waals surface area contributed by atoms with Crippen LogP contribution in [-0.4, -0.2) is 24.6 Å². The van der Waals surface area contributed by atoms with Crippen LogP contribution in [0.1, 0.15) is 10.4 Å². The molecule has 4 rings (SSSR count). The maximum atomic E-state index is 12.3. The fourth-order valence-corrected chi connectivity index (χ4v) is 3.48. The zero-order valence-electron chi connectivity index (χ0n) is 11.8. The monoisotopic (exact) mass is 312 g/mol. The molecule has 0 spiro atoms. The summed E-state index contributed by atoms with van der Waals surface area (Å²) in [5.74, 6) is 1.43. The number of anilines is 1. The zero-order chi connectivity index (χ0) is 15.1. The van der Waals surface area contributed by atoms with Crippen molar-refractivity contribution in [3.8, 4) is 11.5 Å². The molecule has 0 radical (unpaired) electrons. The molecule has 0 aliphatic carbocycles. The molecule has 3 heterocycles. The molecule has 6 heteroatoms. The summed E-state index contributed by atoms with van der Waals surface area (Å²) in [7, 11) is 1.93. The summed E-state index contributed by atoms with van der Waals surface area (Å²) in [5, 5.41) is 0.868. The number of fused-ring (bicyclic) bond motifs is 2. The van der Waals surface area contributed by atoms with Gasteiger partial charge in [0.05, 0.1) is 10.7 Å². The van der Waals surface area contributed by atoms with Crippen LogP contribution >= 0.6 is 11.8 Å². The van der Waals surface area contributed by atoms with Crippen molar-refractivity contribution in [3.05, 3.63) is 53.3 Å². The van der Waals surface area contributed by atoms with Crippen LogP contribution in [0.3, 0.4) is 0 Å². The van der Waals surface area contributed by atoms with E-state index >= 15 is 0 Å². The van der Waals surface area contributed by atoms with Crippen LogP contribution in [0.25, 0.3) is 0 Å². The Labute approximate surface area is 131 Å². The largest absolute Gasteiger partial charge is 0.454 e. The number of carbonyl (C=O) groups excluding carboxylic acids is 1. The molecule has 0 saturated heterocycles. The van der Waals surface area contributed by atoms with Crippen molar-refractivity contribution in [2.45, 2.75) is 4.90 Å². The van der Waals surface area contributed by atoms with Crippen molar-refractivity contribution in [2.75, 3.05) is 18.7 Å². The van der Waals surface area contributed by atoms with Gasteiger partial charge in [-0.25, -0.2) is 0 Å². The lowest BCUT2D eigenvalue weighted by molar-refractivity contribution is 0.104. The number of allylic oxidation sites excluding steroid dienone is 1. The molecule has 0 fully saturated rings. The highest BCUT2D eigenvalue weighted by Crippen LogP contribution is 2.50. The third-order valence-corrected chi connectivity index (χ3v) is 4.71. The van der Waals surface area contributed by atoms with Crippen molar-refractivity contribution in [1.29, 1.82) is 0 Å². The van der Waals surface area contributed by atoms with Gasteiger partial charge >= 0.3 is 0 Å². The molecular weight excluding hydrogens is 300 g/mol. The average Bonchev–Trinajstić information content (AvgIpc) is 3.11. The summed E-state index contributed by atoms with van der Waals surface area (Å²) in [6, 6.07) is 7.41. The van der Waals surface area contributed by atoms with Gasteiger partial charge in [0.2, 0.25) is 6.79 Å². The smallest absolute Gasteiger partial charge is 0.231 e. The molecule has 22 heavy (non-hydrogen) atoms. The predicted octanol–water partition coefficient (Wildman–Crippen LogP) is 3.08. The lowest BCUT2D eigenvalue weighted by Gasteiger charge is -2.13. The summed E-state index contributed by atoms with van der Waals surface area (Å²) in [5.41, 5.74) is 1.59. The molecule has 0 atom stereocenters. The highest BCUT2D eigenvalue weighted by Gasteiger charge is 2.27. The Morgan fingerprint density at radius 3 is 2.95 bits per heavy atom. The third-order valence-electron chi connectivity index (χ3n) is 3.56. The van der Waals surface area contributed by atoms with E-state index in [-0.39, 0.29) is 12.6 Å². The van der Waals surface area contributed by atoms with E-state index in [1.54, 1.807) is 42.4 Å². The molecule has 2 aromatic rings. The number of nitrogens with zero attached hydrogens (tertiary/aromatic N) is 2. The van der Waals surface area contributed by atoms with Gasteiger partial charge in [0.15, 0.2) is 17.3 Å². The van der Waals surface area contributed by atoms with Gasteiger partial charge in [0.25, 0.3) is 0 Å². The molecule has 1 aromatic carbocycles. The average molecular weight is 312 g/mol. The molecule has 110 valence electrons. The summed E-state index contributed by atoms with van der Waals surface area (Å²) < 4.78 is 10.8. The highest BCUT2D eigenvalue weighted by molar-refractivity contribution is 8.03. The van der Waals surface area contributed by atoms with Gasteiger partial charge in [0.1, 0.15) is 0 Å². The van der Waals surface area contributed by atoms with Crippen molar-refractivity contribution in [2.24, 2.45) is 0 Å². The molecule has 0 amide bonds. The Morgan fingerprint density at radius 1 is 1.36 bits per heavy atom. The second-order valence-corrected chi connectivity index (χ2v) is 5.99. The Morgan fingerprint density at radius 2 is 2.18 bits per heavy atom. The predicted molar refractivity (Wildman–Crippen MR) is 83.5 cm³/mol. The summed E-state index contributed by atoms with van der Waals surface area (Å²) in [6.07, 6.45) is 4.86. The van der Waals surface area contributed by atoms with E-state index in [0.717, 1.165) is 27.1 Å². The number of ketones is 1. The standard InChI is InChI=1S/C16H12N2O3S/c1-18-11-5-13-14(21-9-20-13)7-15(11)22-16(18)6-12(19)10-3-2-4-17-8-10/h2-8H,9H2,1H3/b16-6+. The van der Waals surface area contributed by atoms with Gasteiger partial charge in [-0.1, -0.05) is 11.8 Å². The quantitative estimate of drug-likeness (QED) is 0.627. The number of rotatable bonds is 2. The zero-order valence-corrected chi connectivity index (χ0v) is 12.6. The normalized spacial score (nSPS) is 17.0. The van der Waals surface area contributed by atoms with E-state index in [9.17, 15) is 4.79 Å². The Bertz CT molecular complexity index is 789. The van der Waals surface area contributed by atoms with Crippen LogP contribution in [0.2, 0.25) is 0 Å². The van der Waals surface area contributed by atoms with Crippen LogP contribution in [0, 0.1) is 0 Å². The van der Waals surface area contributed by atoms with Crippen LogP contribution in [0.15, 0.2) is 52.7 Å². The first kappa shape index (κ1) is 13.2. The van der Waals surface area contributed by atoms with Gasteiger partial charge in [-0.15, -0.1) is 0 Å². The van der Waals surface area contributed by atoms with Crippen LogP contribution in [-0.2, 0) is 0 Å². The molecular formula is C16H12N2O3S. The second-order valence-electron chi connectivity index (χ2n) is 4.92. The molecule has 2 aliphatic heterocycles. The van der Waals surface area contributed by atoms with Gasteiger partial charge < -0.3 is 14.4 Å². The van der Waals surface area contributed by atoms with E-state index in [1.165, 1.54) is 0 Å². The Kier molecular flexibility index (Phi) is 3.04. The molecule has 2 aliphatic rings. The van der Waals surface area contributed by atoms with Gasteiger partial charge in [-0.2, -0.15) is 0 Å². The van der Waals surface area contributed by atoms with Gasteiger partial charge in [-0.05, 0) is 12.1 Å². The number of carbonyl (C=O) groups is 1. The first-order valence-electron chi connectivity index (χ1n) is 6.73. The number of pyridine rings is 1. The molecule has 0 saturated carbocycles. The van der Waals surface area contributed by atoms with Crippen molar-refractivity contribution in [1.82, 2.24) is 4.98 Å². The van der Waals surface area contributed by atoms with E-state index in [2.05, 4.69) is 4.98 Å². The minimum atomic E-state index is -0.0599. The van der Waals surface area contributed by atoms with E-state index in [1.807, 2.05) is 24.1 Å². The van der Waals surface area contributed by atoms with Gasteiger partial charge in [-0.3, -0.25) is 9.78 Å². The van der Waals surface area contributed by atoms with Crippen LogP contribution in [0.4, 0.5) is 5.69 Å². The molecule has 1 aromatic heterocycles. The highest BCUT2D eigenvalue weighted by atomic mass is 32.2. The lowest BCUT2D eigenvalue weighted by Crippen LogP contribution is -2.11. The van der Waals surface area contributed by atoms with Crippen LogP contribution in [0.5, 0.6) is 11.5 Å². The number of aromatic nitrogens is 1. The van der Waals surface area contributed by atoms with Gasteiger partial charge in [0, 0.05) is 48.1 Å². The van der Waals surface area contributed by atoms with Crippen molar-refractivity contribution < 1.29 is 14.3 Å². The third kappa shape index (κ3) is 2.12. The molecule has 0 bridgehead atoms. The first-order chi connectivity index (χ1) is 10.7. The minimum Gasteiger partial charge on any atom is -0.454 e. The summed E-state index contributed by atoms with van der Waals surface area (Å²) >= 11 is 1.54. The molecule has 0 unspecified atom stereocenters. The second kappa shape index (κ2) is 5.06. The fraction of sp³-hybridized carbons (Fsp3) is 0.125.